The first-order valence-corrected chi connectivity index (χ1v) is 4.54. The van der Waals surface area contributed by atoms with E-state index in [0.29, 0.717) is 11.8 Å². The van der Waals surface area contributed by atoms with Gasteiger partial charge in [0, 0.05) is 18.9 Å². The lowest BCUT2D eigenvalue weighted by molar-refractivity contribution is -0.183. The van der Waals surface area contributed by atoms with Crippen LogP contribution in [0, 0.1) is 11.8 Å². The number of rotatable bonds is 1. The van der Waals surface area contributed by atoms with E-state index in [1.165, 1.54) is 0 Å². The summed E-state index contributed by atoms with van der Waals surface area (Å²) >= 11 is 0. The minimum Gasteiger partial charge on any atom is -0.381 e. The molecule has 5 atom stereocenters. The predicted molar refractivity (Wildman–Crippen MR) is 43.7 cm³/mol. The summed E-state index contributed by atoms with van der Waals surface area (Å²) in [5, 5.41) is 0. The lowest BCUT2D eigenvalue weighted by atomic mass is 9.87. The highest BCUT2D eigenvalue weighted by molar-refractivity contribution is 4.89. The molecule has 0 aromatic rings. The van der Waals surface area contributed by atoms with Crippen LogP contribution >= 0.6 is 0 Å². The minimum absolute atomic E-state index is 0.0313. The zero-order valence-electron chi connectivity index (χ0n) is 7.82. The molecule has 0 aromatic heterocycles. The summed E-state index contributed by atoms with van der Waals surface area (Å²) in [5.41, 5.74) is 0. The van der Waals surface area contributed by atoms with Gasteiger partial charge in [0.2, 0.25) is 0 Å². The molecule has 0 aliphatic carbocycles. The fourth-order valence-electron chi connectivity index (χ4n) is 2.27. The molecule has 70 valence electrons. The molecular formula is C9H16O3. The Morgan fingerprint density at radius 2 is 2.00 bits per heavy atom. The highest BCUT2D eigenvalue weighted by atomic mass is 16.7. The van der Waals surface area contributed by atoms with Crippen molar-refractivity contribution in [1.29, 1.82) is 0 Å². The Morgan fingerprint density at radius 3 is 2.67 bits per heavy atom. The Labute approximate surface area is 73.0 Å². The second-order valence-electron chi connectivity index (χ2n) is 3.79. The maximum absolute atomic E-state index is 5.65. The molecule has 0 spiro atoms. The van der Waals surface area contributed by atoms with Gasteiger partial charge in [0.15, 0.2) is 6.29 Å². The van der Waals surface area contributed by atoms with Gasteiger partial charge in [-0.05, 0) is 0 Å². The van der Waals surface area contributed by atoms with E-state index in [0.717, 1.165) is 6.61 Å². The van der Waals surface area contributed by atoms with Crippen molar-refractivity contribution < 1.29 is 14.2 Å². The zero-order chi connectivity index (χ0) is 8.72. The Balaban J connectivity index is 2.14. The van der Waals surface area contributed by atoms with E-state index >= 15 is 0 Å². The molecule has 2 aliphatic rings. The van der Waals surface area contributed by atoms with Crippen LogP contribution in [0.2, 0.25) is 0 Å². The molecule has 2 fully saturated rings. The standard InChI is InChI=1S/C9H16O3/c1-5-7-4-11-9(12-7)6(2)8(5)10-3/h5-9H,4H2,1-3H3/t5-,6?,7?,8-,9-/m1/s1. The molecule has 2 heterocycles. The number of hydrogen-bond donors (Lipinski definition) is 0. The molecular weight excluding hydrogens is 156 g/mol. The molecule has 0 amide bonds. The van der Waals surface area contributed by atoms with E-state index < -0.39 is 0 Å². The summed E-state index contributed by atoms with van der Waals surface area (Å²) in [6, 6.07) is 0. The van der Waals surface area contributed by atoms with E-state index in [4.69, 9.17) is 14.2 Å². The predicted octanol–water partition coefficient (Wildman–Crippen LogP) is 1.03. The van der Waals surface area contributed by atoms with Crippen molar-refractivity contribution in [2.24, 2.45) is 11.8 Å². The van der Waals surface area contributed by atoms with Crippen LogP contribution in [-0.4, -0.2) is 32.2 Å². The summed E-state index contributed by atoms with van der Waals surface area (Å²) in [6.07, 6.45) is 0.503. The van der Waals surface area contributed by atoms with E-state index in [1.807, 2.05) is 0 Å². The second kappa shape index (κ2) is 2.98. The third-order valence-electron chi connectivity index (χ3n) is 3.06. The molecule has 2 bridgehead atoms. The summed E-state index contributed by atoms with van der Waals surface area (Å²) in [6.45, 7) is 5.02. The van der Waals surface area contributed by atoms with Gasteiger partial charge in [0.25, 0.3) is 0 Å². The van der Waals surface area contributed by atoms with E-state index in [-0.39, 0.29) is 18.5 Å². The summed E-state index contributed by atoms with van der Waals surface area (Å²) in [4.78, 5) is 0. The number of hydrogen-bond acceptors (Lipinski definition) is 3. The lowest BCUT2D eigenvalue weighted by Gasteiger charge is -2.36. The molecule has 0 N–H and O–H groups in total. The molecule has 0 saturated carbocycles. The molecule has 0 aromatic carbocycles. The first-order valence-electron chi connectivity index (χ1n) is 4.54. The normalized spacial score (nSPS) is 52.8. The van der Waals surface area contributed by atoms with Crippen LogP contribution in [0.4, 0.5) is 0 Å². The smallest absolute Gasteiger partial charge is 0.163 e. The van der Waals surface area contributed by atoms with Gasteiger partial charge in [-0.15, -0.1) is 0 Å². The summed E-state index contributed by atoms with van der Waals surface area (Å²) in [7, 11) is 1.77. The van der Waals surface area contributed by atoms with Crippen LogP contribution in [0.1, 0.15) is 13.8 Å². The number of methoxy groups -OCH3 is 1. The average molecular weight is 172 g/mol. The van der Waals surface area contributed by atoms with Gasteiger partial charge in [0.05, 0.1) is 18.8 Å². The molecule has 2 aliphatic heterocycles. The van der Waals surface area contributed by atoms with Crippen LogP contribution in [0.3, 0.4) is 0 Å². The van der Waals surface area contributed by atoms with Crippen LogP contribution in [-0.2, 0) is 14.2 Å². The highest BCUT2D eigenvalue weighted by Crippen LogP contribution is 2.36. The molecule has 2 unspecified atom stereocenters. The Kier molecular flexibility index (Phi) is 2.10. The Bertz CT molecular complexity index is 155. The SMILES string of the molecule is CO[C@H]1C(C)[C@@H]2OCC(O2)[C@H]1C. The van der Waals surface area contributed by atoms with Gasteiger partial charge >= 0.3 is 0 Å². The molecule has 0 radical (unpaired) electrons. The fourth-order valence-corrected chi connectivity index (χ4v) is 2.27. The minimum atomic E-state index is -0.0313. The van der Waals surface area contributed by atoms with Gasteiger partial charge in [-0.3, -0.25) is 0 Å². The van der Waals surface area contributed by atoms with E-state index in [9.17, 15) is 0 Å². The van der Waals surface area contributed by atoms with Crippen molar-refractivity contribution in [3.8, 4) is 0 Å². The molecule has 12 heavy (non-hydrogen) atoms. The first kappa shape index (κ1) is 8.48. The summed E-state index contributed by atoms with van der Waals surface area (Å²) in [5.74, 6) is 0.799. The van der Waals surface area contributed by atoms with Crippen molar-refractivity contribution in [2.45, 2.75) is 32.3 Å². The molecule has 2 saturated heterocycles. The largest absolute Gasteiger partial charge is 0.381 e. The monoisotopic (exact) mass is 172 g/mol. The zero-order valence-corrected chi connectivity index (χ0v) is 7.82. The average Bonchev–Trinajstić information content (AvgIpc) is 2.48. The van der Waals surface area contributed by atoms with Gasteiger partial charge in [-0.25, -0.2) is 0 Å². The van der Waals surface area contributed by atoms with Gasteiger partial charge < -0.3 is 14.2 Å². The first-order chi connectivity index (χ1) is 5.74. The molecule has 3 nitrogen and oxygen atoms in total. The van der Waals surface area contributed by atoms with Gasteiger partial charge in [-0.1, -0.05) is 13.8 Å². The van der Waals surface area contributed by atoms with Crippen molar-refractivity contribution in [3.05, 3.63) is 0 Å². The van der Waals surface area contributed by atoms with Gasteiger partial charge in [0.1, 0.15) is 0 Å². The van der Waals surface area contributed by atoms with Gasteiger partial charge in [-0.2, -0.15) is 0 Å². The van der Waals surface area contributed by atoms with Crippen LogP contribution < -0.4 is 0 Å². The topological polar surface area (TPSA) is 27.7 Å². The van der Waals surface area contributed by atoms with Crippen molar-refractivity contribution in [1.82, 2.24) is 0 Å². The fraction of sp³-hybridized carbons (Fsp3) is 1.00. The maximum atomic E-state index is 5.65. The highest BCUT2D eigenvalue weighted by Gasteiger charge is 2.46. The molecule has 3 heteroatoms. The van der Waals surface area contributed by atoms with E-state index in [2.05, 4.69) is 13.8 Å². The van der Waals surface area contributed by atoms with Crippen molar-refractivity contribution >= 4 is 0 Å². The third kappa shape index (κ3) is 1.08. The van der Waals surface area contributed by atoms with Crippen molar-refractivity contribution in [2.75, 3.05) is 13.7 Å². The molecule has 2 rings (SSSR count). The Morgan fingerprint density at radius 1 is 1.25 bits per heavy atom. The Hall–Kier alpha value is -0.120. The van der Waals surface area contributed by atoms with Crippen LogP contribution in [0.5, 0.6) is 0 Å². The second-order valence-corrected chi connectivity index (χ2v) is 3.79. The quantitative estimate of drug-likeness (QED) is 0.591. The number of ether oxygens (including phenoxy) is 3. The van der Waals surface area contributed by atoms with E-state index in [1.54, 1.807) is 7.11 Å². The maximum Gasteiger partial charge on any atom is 0.163 e. The summed E-state index contributed by atoms with van der Waals surface area (Å²) < 4.78 is 16.6. The van der Waals surface area contributed by atoms with Crippen LogP contribution in [0.25, 0.3) is 0 Å². The van der Waals surface area contributed by atoms with Crippen LogP contribution in [0.15, 0.2) is 0 Å². The van der Waals surface area contributed by atoms with Crippen molar-refractivity contribution in [3.63, 3.8) is 0 Å². The third-order valence-corrected chi connectivity index (χ3v) is 3.06. The number of fused-ring (bicyclic) bond motifs is 2. The lowest BCUT2D eigenvalue weighted by Crippen LogP contribution is -2.45.